The summed E-state index contributed by atoms with van der Waals surface area (Å²) in [7, 11) is -2.99. The fourth-order valence-electron chi connectivity index (χ4n) is 1.23. The fourth-order valence-corrected chi connectivity index (χ4v) is 2.43. The van der Waals surface area contributed by atoms with Crippen LogP contribution in [0.2, 0.25) is 0 Å². The van der Waals surface area contributed by atoms with Crippen LogP contribution in [0.5, 0.6) is 5.75 Å². The van der Waals surface area contributed by atoms with Crippen molar-refractivity contribution in [1.82, 2.24) is 0 Å². The normalized spacial score (nSPS) is 11.5. The molecule has 0 radical (unpaired) electrons. The summed E-state index contributed by atoms with van der Waals surface area (Å²) in [6.07, 6.45) is 1.53. The Balaban J connectivity index is 2.58. The van der Waals surface area contributed by atoms with E-state index in [9.17, 15) is 12.8 Å². The number of nitrogens with two attached hydrogens (primary N) is 1. The third-order valence-electron chi connectivity index (χ3n) is 1.94. The summed E-state index contributed by atoms with van der Waals surface area (Å²) in [5, 5.41) is 0. The molecule has 0 saturated carbocycles. The molecule has 0 aliphatic rings. The predicted molar refractivity (Wildman–Crippen MR) is 68.3 cm³/mol. The molecule has 0 aromatic heterocycles. The molecule has 0 saturated heterocycles. The van der Waals surface area contributed by atoms with Crippen LogP contribution in [0.15, 0.2) is 16.6 Å². The Morgan fingerprint density at radius 1 is 1.47 bits per heavy atom. The topological polar surface area (TPSA) is 69.4 Å². The third kappa shape index (κ3) is 4.91. The number of anilines is 1. The molecule has 1 aromatic rings. The smallest absolute Gasteiger partial charge is 0.156 e. The molecule has 0 bridgehead atoms. The van der Waals surface area contributed by atoms with E-state index in [0.29, 0.717) is 16.6 Å². The maximum Gasteiger partial charge on any atom is 0.156 e. The molecule has 0 unspecified atom stereocenters. The number of ether oxygens (including phenoxy) is 1. The largest absolute Gasteiger partial charge is 0.490 e. The molecule has 0 heterocycles. The van der Waals surface area contributed by atoms with Crippen LogP contribution in [0.1, 0.15) is 6.42 Å². The summed E-state index contributed by atoms with van der Waals surface area (Å²) >= 11 is 3.13. The van der Waals surface area contributed by atoms with Crippen LogP contribution in [-0.4, -0.2) is 27.0 Å². The van der Waals surface area contributed by atoms with Crippen molar-refractivity contribution in [1.29, 1.82) is 0 Å². The van der Waals surface area contributed by atoms with E-state index in [1.165, 1.54) is 6.07 Å². The van der Waals surface area contributed by atoms with Gasteiger partial charge >= 0.3 is 0 Å². The Labute approximate surface area is 108 Å². The first-order valence-electron chi connectivity index (χ1n) is 4.84. The lowest BCUT2D eigenvalue weighted by atomic mass is 10.3. The zero-order chi connectivity index (χ0) is 13.1. The highest BCUT2D eigenvalue weighted by molar-refractivity contribution is 9.10. The molecule has 4 nitrogen and oxygen atoms in total. The molecule has 1 aromatic carbocycles. The van der Waals surface area contributed by atoms with Crippen molar-refractivity contribution in [2.45, 2.75) is 6.42 Å². The Hall–Kier alpha value is -0.820. The van der Waals surface area contributed by atoms with E-state index >= 15 is 0 Å². The minimum Gasteiger partial charge on any atom is -0.490 e. The molecule has 0 atom stereocenters. The number of hydrogen-bond donors (Lipinski definition) is 1. The van der Waals surface area contributed by atoms with Gasteiger partial charge in [0.2, 0.25) is 0 Å². The maximum absolute atomic E-state index is 12.9. The van der Waals surface area contributed by atoms with Gasteiger partial charge < -0.3 is 10.5 Å². The lowest BCUT2D eigenvalue weighted by molar-refractivity contribution is 0.317. The van der Waals surface area contributed by atoms with Crippen LogP contribution >= 0.6 is 15.9 Å². The summed E-state index contributed by atoms with van der Waals surface area (Å²) in [6.45, 7) is 0.210. The van der Waals surface area contributed by atoms with Gasteiger partial charge in [0, 0.05) is 12.3 Å². The average molecular weight is 326 g/mol. The van der Waals surface area contributed by atoms with Crippen molar-refractivity contribution in [3.63, 3.8) is 0 Å². The van der Waals surface area contributed by atoms with Crippen molar-refractivity contribution in [3.05, 3.63) is 22.4 Å². The maximum atomic E-state index is 12.9. The van der Waals surface area contributed by atoms with E-state index in [1.54, 1.807) is 0 Å². The standard InChI is InChI=1S/C10H13BrFNO3S/c1-17(14,15)4-2-3-16-10-8(11)5-7(12)6-9(10)13/h5-6H,2-4,13H2,1H3. The zero-order valence-corrected chi connectivity index (χ0v) is 11.6. The lowest BCUT2D eigenvalue weighted by Gasteiger charge is -2.10. The molecular weight excluding hydrogens is 313 g/mol. The number of rotatable bonds is 5. The van der Waals surface area contributed by atoms with Crippen LogP contribution in [0.25, 0.3) is 0 Å². The van der Waals surface area contributed by atoms with Gasteiger partial charge in [0.25, 0.3) is 0 Å². The molecule has 0 amide bonds. The molecule has 0 fully saturated rings. The molecule has 0 aliphatic heterocycles. The van der Waals surface area contributed by atoms with E-state index in [1.807, 2.05) is 0 Å². The number of nitrogen functional groups attached to an aromatic ring is 1. The van der Waals surface area contributed by atoms with Gasteiger partial charge in [0.1, 0.15) is 15.7 Å². The first kappa shape index (κ1) is 14.2. The molecule has 96 valence electrons. The Morgan fingerprint density at radius 3 is 2.65 bits per heavy atom. The van der Waals surface area contributed by atoms with Gasteiger partial charge in [-0.15, -0.1) is 0 Å². The highest BCUT2D eigenvalue weighted by Crippen LogP contribution is 2.32. The van der Waals surface area contributed by atoms with E-state index in [0.717, 1.165) is 12.3 Å². The second kappa shape index (κ2) is 5.68. The molecule has 0 aliphatic carbocycles. The summed E-state index contributed by atoms with van der Waals surface area (Å²) < 4.78 is 40.4. The van der Waals surface area contributed by atoms with Crippen LogP contribution in [0, 0.1) is 5.82 Å². The molecule has 2 N–H and O–H groups in total. The second-order valence-corrected chi connectivity index (χ2v) is 6.75. The predicted octanol–water partition coefficient (Wildman–Crippen LogP) is 1.98. The van der Waals surface area contributed by atoms with Crippen molar-refractivity contribution < 1.29 is 17.5 Å². The average Bonchev–Trinajstić information content (AvgIpc) is 2.13. The number of sulfone groups is 1. The molecule has 0 spiro atoms. The highest BCUT2D eigenvalue weighted by Gasteiger charge is 2.09. The minimum absolute atomic E-state index is 0.0473. The van der Waals surface area contributed by atoms with Crippen molar-refractivity contribution in [2.75, 3.05) is 24.3 Å². The van der Waals surface area contributed by atoms with Gasteiger partial charge in [0.05, 0.1) is 22.5 Å². The van der Waals surface area contributed by atoms with Gasteiger partial charge in [-0.1, -0.05) is 0 Å². The fraction of sp³-hybridized carbons (Fsp3) is 0.400. The van der Waals surface area contributed by atoms with Crippen molar-refractivity contribution >= 4 is 31.5 Å². The summed E-state index contributed by atoms with van der Waals surface area (Å²) in [6, 6.07) is 2.39. The van der Waals surface area contributed by atoms with Crippen molar-refractivity contribution in [2.24, 2.45) is 0 Å². The Kier molecular flexibility index (Phi) is 4.76. The van der Waals surface area contributed by atoms with Gasteiger partial charge in [0.15, 0.2) is 5.75 Å². The highest BCUT2D eigenvalue weighted by atomic mass is 79.9. The number of benzene rings is 1. The number of hydrogen-bond acceptors (Lipinski definition) is 4. The Bertz CT molecular complexity index is 481. The van der Waals surface area contributed by atoms with E-state index in [4.69, 9.17) is 10.5 Å². The molecular formula is C10H13BrFNO3S. The lowest BCUT2D eigenvalue weighted by Crippen LogP contribution is -2.09. The van der Waals surface area contributed by atoms with Crippen LogP contribution in [0.3, 0.4) is 0 Å². The first-order chi connectivity index (χ1) is 7.79. The van der Waals surface area contributed by atoms with E-state index in [2.05, 4.69) is 15.9 Å². The van der Waals surface area contributed by atoms with Gasteiger partial charge in [-0.05, 0) is 28.4 Å². The van der Waals surface area contributed by atoms with Crippen LogP contribution in [0.4, 0.5) is 10.1 Å². The first-order valence-corrected chi connectivity index (χ1v) is 7.70. The zero-order valence-electron chi connectivity index (χ0n) is 9.24. The van der Waals surface area contributed by atoms with Gasteiger partial charge in [-0.2, -0.15) is 0 Å². The SMILES string of the molecule is CS(=O)(=O)CCCOc1c(N)cc(F)cc1Br. The van der Waals surface area contributed by atoms with Crippen LogP contribution < -0.4 is 10.5 Å². The quantitative estimate of drug-likeness (QED) is 0.664. The van der Waals surface area contributed by atoms with Crippen molar-refractivity contribution in [3.8, 4) is 5.75 Å². The van der Waals surface area contributed by atoms with E-state index < -0.39 is 15.7 Å². The summed E-state index contributed by atoms with van der Waals surface area (Å²) in [4.78, 5) is 0. The molecule has 1 rings (SSSR count). The summed E-state index contributed by atoms with van der Waals surface area (Å²) in [5.74, 6) is -0.0797. The number of halogens is 2. The molecule has 17 heavy (non-hydrogen) atoms. The third-order valence-corrected chi connectivity index (χ3v) is 3.56. The molecule has 7 heteroatoms. The van der Waals surface area contributed by atoms with Gasteiger partial charge in [-0.3, -0.25) is 0 Å². The van der Waals surface area contributed by atoms with Gasteiger partial charge in [-0.25, -0.2) is 12.8 Å². The van der Waals surface area contributed by atoms with Crippen LogP contribution in [-0.2, 0) is 9.84 Å². The monoisotopic (exact) mass is 325 g/mol. The van der Waals surface area contributed by atoms with E-state index in [-0.39, 0.29) is 18.0 Å². The summed E-state index contributed by atoms with van der Waals surface area (Å²) in [5.41, 5.74) is 5.75. The Morgan fingerprint density at radius 2 is 2.12 bits per heavy atom. The second-order valence-electron chi connectivity index (χ2n) is 3.64. The minimum atomic E-state index is -2.99.